The first-order chi connectivity index (χ1) is 7.66. The fourth-order valence-electron chi connectivity index (χ4n) is 1.78. The van der Waals surface area contributed by atoms with Crippen molar-refractivity contribution < 1.29 is 9.90 Å². The van der Waals surface area contributed by atoms with E-state index in [1.807, 2.05) is 0 Å². The molecule has 16 heavy (non-hydrogen) atoms. The Balaban J connectivity index is 2.05. The maximum Gasteiger partial charge on any atom is 0.321 e. The standard InChI is InChI=1S/C11H15N3O2/c12-9-7-8(15)3-4-10(9)13-11(16)14-5-1-2-6-14/h3-4,7,15H,1-2,5-6,12H2,(H,13,16). The van der Waals surface area contributed by atoms with Crippen LogP contribution in [0, 0.1) is 0 Å². The number of aromatic hydroxyl groups is 1. The number of hydrogen-bond acceptors (Lipinski definition) is 3. The summed E-state index contributed by atoms with van der Waals surface area (Å²) in [7, 11) is 0. The van der Waals surface area contributed by atoms with E-state index in [2.05, 4.69) is 5.32 Å². The Morgan fingerprint density at radius 3 is 2.69 bits per heavy atom. The van der Waals surface area contributed by atoms with E-state index < -0.39 is 0 Å². The summed E-state index contributed by atoms with van der Waals surface area (Å²) in [6, 6.07) is 4.38. The van der Waals surface area contributed by atoms with Crippen LogP contribution in [0.4, 0.5) is 16.2 Å². The largest absolute Gasteiger partial charge is 0.508 e. The van der Waals surface area contributed by atoms with E-state index in [9.17, 15) is 9.90 Å². The topological polar surface area (TPSA) is 78.6 Å². The molecule has 2 rings (SSSR count). The fraction of sp³-hybridized carbons (Fsp3) is 0.364. The van der Waals surface area contributed by atoms with Gasteiger partial charge in [-0.2, -0.15) is 0 Å². The van der Waals surface area contributed by atoms with Crippen LogP contribution in [0.1, 0.15) is 12.8 Å². The number of likely N-dealkylation sites (tertiary alicyclic amines) is 1. The van der Waals surface area contributed by atoms with E-state index in [-0.39, 0.29) is 11.8 Å². The molecule has 4 N–H and O–H groups in total. The third kappa shape index (κ3) is 2.18. The second kappa shape index (κ2) is 4.30. The van der Waals surface area contributed by atoms with Crippen molar-refractivity contribution in [1.82, 2.24) is 4.90 Å². The van der Waals surface area contributed by atoms with Gasteiger partial charge in [-0.05, 0) is 25.0 Å². The normalized spacial score (nSPS) is 15.1. The van der Waals surface area contributed by atoms with Gasteiger partial charge in [0.2, 0.25) is 0 Å². The van der Waals surface area contributed by atoms with E-state index in [0.717, 1.165) is 25.9 Å². The maximum atomic E-state index is 11.7. The average Bonchev–Trinajstić information content (AvgIpc) is 2.75. The molecule has 0 unspecified atom stereocenters. The number of nitrogens with zero attached hydrogens (tertiary/aromatic N) is 1. The molecule has 86 valence electrons. The summed E-state index contributed by atoms with van der Waals surface area (Å²) in [5.41, 5.74) is 6.58. The molecule has 0 atom stereocenters. The number of carbonyl (C=O) groups excluding carboxylic acids is 1. The molecule has 0 bridgehead atoms. The number of rotatable bonds is 1. The van der Waals surface area contributed by atoms with E-state index in [1.165, 1.54) is 12.1 Å². The quantitative estimate of drug-likeness (QED) is 0.498. The van der Waals surface area contributed by atoms with Gasteiger partial charge in [0.25, 0.3) is 0 Å². The Kier molecular flexibility index (Phi) is 2.85. The highest BCUT2D eigenvalue weighted by molar-refractivity contribution is 5.92. The summed E-state index contributed by atoms with van der Waals surface area (Å²) >= 11 is 0. The predicted octanol–water partition coefficient (Wildman–Crippen LogP) is 1.60. The summed E-state index contributed by atoms with van der Waals surface area (Å²) in [4.78, 5) is 13.5. The molecule has 2 amide bonds. The Morgan fingerprint density at radius 2 is 2.06 bits per heavy atom. The number of hydrogen-bond donors (Lipinski definition) is 3. The van der Waals surface area contributed by atoms with Gasteiger partial charge in [0, 0.05) is 19.2 Å². The lowest BCUT2D eigenvalue weighted by molar-refractivity contribution is 0.222. The Bertz CT molecular complexity index is 400. The molecule has 1 fully saturated rings. The van der Waals surface area contributed by atoms with Crippen molar-refractivity contribution in [2.75, 3.05) is 24.1 Å². The first-order valence-corrected chi connectivity index (χ1v) is 5.31. The third-order valence-corrected chi connectivity index (χ3v) is 2.67. The lowest BCUT2D eigenvalue weighted by Crippen LogP contribution is -2.32. The molecule has 0 spiro atoms. The zero-order valence-corrected chi connectivity index (χ0v) is 8.94. The van der Waals surface area contributed by atoms with Crippen molar-refractivity contribution in [3.8, 4) is 5.75 Å². The van der Waals surface area contributed by atoms with Gasteiger partial charge in [0.05, 0.1) is 11.4 Å². The van der Waals surface area contributed by atoms with Crippen molar-refractivity contribution >= 4 is 17.4 Å². The van der Waals surface area contributed by atoms with Gasteiger partial charge >= 0.3 is 6.03 Å². The van der Waals surface area contributed by atoms with Gasteiger partial charge in [-0.1, -0.05) is 0 Å². The zero-order valence-electron chi connectivity index (χ0n) is 8.94. The summed E-state index contributed by atoms with van der Waals surface area (Å²) in [6.07, 6.45) is 2.11. The van der Waals surface area contributed by atoms with Crippen LogP contribution in [0.3, 0.4) is 0 Å². The van der Waals surface area contributed by atoms with Crippen LogP contribution in [0.5, 0.6) is 5.75 Å². The van der Waals surface area contributed by atoms with Crippen molar-refractivity contribution in [3.05, 3.63) is 18.2 Å². The van der Waals surface area contributed by atoms with Gasteiger partial charge in [0.1, 0.15) is 5.75 Å². The van der Waals surface area contributed by atoms with E-state index in [1.54, 1.807) is 11.0 Å². The first kappa shape index (κ1) is 10.6. The number of carbonyl (C=O) groups is 1. The molecule has 1 aliphatic heterocycles. The molecule has 0 aliphatic carbocycles. The molecule has 1 aromatic carbocycles. The Hall–Kier alpha value is -1.91. The molecule has 0 saturated carbocycles. The second-order valence-electron chi connectivity index (χ2n) is 3.90. The van der Waals surface area contributed by atoms with Gasteiger partial charge in [0.15, 0.2) is 0 Å². The molecule has 0 radical (unpaired) electrons. The smallest absolute Gasteiger partial charge is 0.321 e. The third-order valence-electron chi connectivity index (χ3n) is 2.67. The minimum atomic E-state index is -0.130. The minimum Gasteiger partial charge on any atom is -0.508 e. The van der Waals surface area contributed by atoms with E-state index in [4.69, 9.17) is 5.73 Å². The molecule has 5 heteroatoms. The summed E-state index contributed by atoms with van der Waals surface area (Å²) < 4.78 is 0. The molecule has 1 aliphatic rings. The first-order valence-electron chi connectivity index (χ1n) is 5.31. The lowest BCUT2D eigenvalue weighted by Gasteiger charge is -2.17. The highest BCUT2D eigenvalue weighted by Crippen LogP contribution is 2.23. The van der Waals surface area contributed by atoms with Crippen LogP contribution in [0.2, 0.25) is 0 Å². The molecule has 0 aromatic heterocycles. The molecule has 1 saturated heterocycles. The van der Waals surface area contributed by atoms with Gasteiger partial charge in [-0.3, -0.25) is 0 Å². The minimum absolute atomic E-state index is 0.0941. The van der Waals surface area contributed by atoms with Crippen LogP contribution in [0.15, 0.2) is 18.2 Å². The SMILES string of the molecule is Nc1cc(O)ccc1NC(=O)N1CCCC1. The Morgan fingerprint density at radius 1 is 1.38 bits per heavy atom. The fourth-order valence-corrected chi connectivity index (χ4v) is 1.78. The Labute approximate surface area is 93.9 Å². The van der Waals surface area contributed by atoms with Gasteiger partial charge in [-0.25, -0.2) is 4.79 Å². The number of nitrogens with one attached hydrogen (secondary N) is 1. The van der Waals surface area contributed by atoms with E-state index in [0.29, 0.717) is 11.4 Å². The van der Waals surface area contributed by atoms with Crippen LogP contribution < -0.4 is 11.1 Å². The molecule has 1 aromatic rings. The average molecular weight is 221 g/mol. The number of amides is 2. The summed E-state index contributed by atoms with van der Waals surface area (Å²) in [6.45, 7) is 1.59. The second-order valence-corrected chi connectivity index (χ2v) is 3.90. The molecule has 1 heterocycles. The number of anilines is 2. The van der Waals surface area contributed by atoms with Crippen molar-refractivity contribution in [2.45, 2.75) is 12.8 Å². The lowest BCUT2D eigenvalue weighted by atomic mass is 10.2. The maximum absolute atomic E-state index is 11.7. The van der Waals surface area contributed by atoms with Crippen molar-refractivity contribution in [3.63, 3.8) is 0 Å². The van der Waals surface area contributed by atoms with Gasteiger partial charge < -0.3 is 21.1 Å². The van der Waals surface area contributed by atoms with Gasteiger partial charge in [-0.15, -0.1) is 0 Å². The number of urea groups is 1. The number of nitrogens with two attached hydrogens (primary N) is 1. The highest BCUT2D eigenvalue weighted by atomic mass is 16.3. The molecular formula is C11H15N3O2. The predicted molar refractivity (Wildman–Crippen MR) is 62.3 cm³/mol. The zero-order chi connectivity index (χ0) is 11.5. The molecular weight excluding hydrogens is 206 g/mol. The number of nitrogen functional groups attached to an aromatic ring is 1. The van der Waals surface area contributed by atoms with Crippen LogP contribution in [-0.2, 0) is 0 Å². The summed E-state index contributed by atoms with van der Waals surface area (Å²) in [5, 5.41) is 11.9. The van der Waals surface area contributed by atoms with Crippen LogP contribution in [-0.4, -0.2) is 29.1 Å². The summed E-state index contributed by atoms with van der Waals surface area (Å²) in [5.74, 6) is 0.0941. The van der Waals surface area contributed by atoms with Crippen LogP contribution in [0.25, 0.3) is 0 Å². The number of phenolic OH excluding ortho intramolecular Hbond substituents is 1. The van der Waals surface area contributed by atoms with E-state index >= 15 is 0 Å². The van der Waals surface area contributed by atoms with Crippen LogP contribution >= 0.6 is 0 Å². The highest BCUT2D eigenvalue weighted by Gasteiger charge is 2.18. The van der Waals surface area contributed by atoms with Crippen molar-refractivity contribution in [1.29, 1.82) is 0 Å². The number of phenols is 1. The number of benzene rings is 1. The molecule has 5 nitrogen and oxygen atoms in total. The van der Waals surface area contributed by atoms with Crippen molar-refractivity contribution in [2.24, 2.45) is 0 Å². The monoisotopic (exact) mass is 221 g/mol.